The molecule has 0 radical (unpaired) electrons. The molecule has 104 valence electrons. The number of amides is 1. The van der Waals surface area contributed by atoms with E-state index >= 15 is 0 Å². The molecular weight excluding hydrogens is 270 g/mol. The summed E-state index contributed by atoms with van der Waals surface area (Å²) in [5, 5.41) is 6.93. The second-order valence-corrected chi connectivity index (χ2v) is 5.74. The van der Waals surface area contributed by atoms with Gasteiger partial charge in [-0.05, 0) is 36.4 Å². The Morgan fingerprint density at radius 3 is 3.10 bits per heavy atom. The van der Waals surface area contributed by atoms with E-state index in [1.807, 2.05) is 41.2 Å². The zero-order chi connectivity index (χ0) is 13.8. The van der Waals surface area contributed by atoms with Crippen molar-refractivity contribution in [2.24, 2.45) is 0 Å². The number of rotatable bonds is 3. The van der Waals surface area contributed by atoms with E-state index in [1.165, 1.54) is 0 Å². The van der Waals surface area contributed by atoms with Gasteiger partial charge < -0.3 is 10.2 Å². The van der Waals surface area contributed by atoms with Gasteiger partial charge in [0.05, 0.1) is 0 Å². The lowest BCUT2D eigenvalue weighted by molar-refractivity contribution is 0.0933. The van der Waals surface area contributed by atoms with Crippen molar-refractivity contribution in [2.45, 2.75) is 18.9 Å². The molecule has 1 saturated heterocycles. The summed E-state index contributed by atoms with van der Waals surface area (Å²) in [5.41, 5.74) is 0.755. The highest BCUT2D eigenvalue weighted by Crippen LogP contribution is 2.17. The molecule has 4 nitrogen and oxygen atoms in total. The molecule has 20 heavy (non-hydrogen) atoms. The lowest BCUT2D eigenvalue weighted by atomic mass is 10.1. The van der Waals surface area contributed by atoms with Crippen LogP contribution in [0.4, 0.5) is 5.82 Å². The number of thiophene rings is 1. The Hall–Kier alpha value is -1.88. The predicted molar refractivity (Wildman–Crippen MR) is 81.3 cm³/mol. The van der Waals surface area contributed by atoms with Gasteiger partial charge in [-0.15, -0.1) is 0 Å². The van der Waals surface area contributed by atoms with Gasteiger partial charge in [0.2, 0.25) is 0 Å². The highest BCUT2D eigenvalue weighted by molar-refractivity contribution is 7.08. The molecule has 5 heteroatoms. The minimum Gasteiger partial charge on any atom is -0.355 e. The van der Waals surface area contributed by atoms with Gasteiger partial charge in [-0.3, -0.25) is 4.79 Å². The summed E-state index contributed by atoms with van der Waals surface area (Å²) in [6.07, 6.45) is 3.91. The molecule has 0 saturated carbocycles. The lowest BCUT2D eigenvalue weighted by Gasteiger charge is -2.33. The van der Waals surface area contributed by atoms with Crippen LogP contribution in [-0.2, 0) is 0 Å². The first-order chi connectivity index (χ1) is 9.83. The van der Waals surface area contributed by atoms with Gasteiger partial charge in [0.1, 0.15) is 5.82 Å². The number of hydrogen-bond acceptors (Lipinski definition) is 4. The molecule has 2 aromatic heterocycles. The molecular formula is C15H17N3OS. The van der Waals surface area contributed by atoms with Gasteiger partial charge in [0, 0.05) is 36.3 Å². The lowest BCUT2D eigenvalue weighted by Crippen LogP contribution is -2.48. The second kappa shape index (κ2) is 6.05. The molecule has 1 atom stereocenters. The van der Waals surface area contributed by atoms with E-state index in [0.29, 0.717) is 0 Å². The molecule has 1 N–H and O–H groups in total. The monoisotopic (exact) mass is 287 g/mol. The summed E-state index contributed by atoms with van der Waals surface area (Å²) in [7, 11) is 0. The van der Waals surface area contributed by atoms with Crippen LogP contribution in [0.3, 0.4) is 0 Å². The third-order valence-electron chi connectivity index (χ3n) is 3.51. The van der Waals surface area contributed by atoms with E-state index in [0.717, 1.165) is 37.3 Å². The zero-order valence-corrected chi connectivity index (χ0v) is 12.0. The molecule has 0 unspecified atom stereocenters. The van der Waals surface area contributed by atoms with Gasteiger partial charge in [0.15, 0.2) is 0 Å². The average molecular weight is 287 g/mol. The van der Waals surface area contributed by atoms with E-state index < -0.39 is 0 Å². The van der Waals surface area contributed by atoms with E-state index in [2.05, 4.69) is 15.2 Å². The van der Waals surface area contributed by atoms with Crippen molar-refractivity contribution >= 4 is 23.1 Å². The van der Waals surface area contributed by atoms with Crippen molar-refractivity contribution in [1.82, 2.24) is 10.3 Å². The molecule has 0 bridgehead atoms. The van der Waals surface area contributed by atoms with E-state index in [-0.39, 0.29) is 11.9 Å². The number of pyridine rings is 1. The Balaban J connectivity index is 1.62. The standard InChI is InChI=1S/C15H17N3OS/c19-15(12-6-9-20-11-12)17-13-4-3-8-18(10-13)14-5-1-2-7-16-14/h1-2,5-7,9,11,13H,3-4,8,10H2,(H,17,19)/t13-/m0/s1. The third kappa shape index (κ3) is 2.99. The van der Waals surface area contributed by atoms with Crippen LogP contribution >= 0.6 is 11.3 Å². The van der Waals surface area contributed by atoms with Crippen LogP contribution in [0.15, 0.2) is 41.2 Å². The Labute approximate surface area is 122 Å². The first-order valence-corrected chi connectivity index (χ1v) is 7.76. The maximum Gasteiger partial charge on any atom is 0.252 e. The van der Waals surface area contributed by atoms with Crippen molar-refractivity contribution < 1.29 is 4.79 Å². The second-order valence-electron chi connectivity index (χ2n) is 4.96. The summed E-state index contributed by atoms with van der Waals surface area (Å²) in [4.78, 5) is 18.7. The number of nitrogens with one attached hydrogen (secondary N) is 1. The van der Waals surface area contributed by atoms with Crippen molar-refractivity contribution in [3.8, 4) is 0 Å². The van der Waals surface area contributed by atoms with Crippen LogP contribution in [-0.4, -0.2) is 30.0 Å². The highest BCUT2D eigenvalue weighted by Gasteiger charge is 2.22. The highest BCUT2D eigenvalue weighted by atomic mass is 32.1. The maximum atomic E-state index is 12.1. The van der Waals surface area contributed by atoms with Gasteiger partial charge in [-0.25, -0.2) is 4.98 Å². The fourth-order valence-corrected chi connectivity index (χ4v) is 3.14. The molecule has 0 aliphatic carbocycles. The van der Waals surface area contributed by atoms with Crippen LogP contribution in [0, 0.1) is 0 Å². The number of piperidine rings is 1. The van der Waals surface area contributed by atoms with Gasteiger partial charge in [0.25, 0.3) is 5.91 Å². The summed E-state index contributed by atoms with van der Waals surface area (Å²) in [6, 6.07) is 7.99. The molecule has 1 amide bonds. The van der Waals surface area contributed by atoms with Gasteiger partial charge in [-0.1, -0.05) is 6.07 Å². The van der Waals surface area contributed by atoms with Crippen LogP contribution in [0.1, 0.15) is 23.2 Å². The molecule has 2 aromatic rings. The molecule has 0 spiro atoms. The molecule has 3 heterocycles. The predicted octanol–water partition coefficient (Wildman–Crippen LogP) is 2.54. The van der Waals surface area contributed by atoms with E-state index in [1.54, 1.807) is 11.3 Å². The molecule has 0 aromatic carbocycles. The largest absolute Gasteiger partial charge is 0.355 e. The number of anilines is 1. The number of nitrogens with zero attached hydrogens (tertiary/aromatic N) is 2. The van der Waals surface area contributed by atoms with Crippen molar-refractivity contribution in [2.75, 3.05) is 18.0 Å². The van der Waals surface area contributed by atoms with Gasteiger partial charge >= 0.3 is 0 Å². The molecule has 1 fully saturated rings. The normalized spacial score (nSPS) is 18.8. The quantitative estimate of drug-likeness (QED) is 0.943. The zero-order valence-electron chi connectivity index (χ0n) is 11.2. The smallest absolute Gasteiger partial charge is 0.252 e. The minimum atomic E-state index is 0.0270. The first-order valence-electron chi connectivity index (χ1n) is 6.82. The Morgan fingerprint density at radius 1 is 1.40 bits per heavy atom. The van der Waals surface area contributed by atoms with Crippen molar-refractivity contribution in [3.63, 3.8) is 0 Å². The number of carbonyl (C=O) groups excluding carboxylic acids is 1. The molecule has 1 aliphatic heterocycles. The van der Waals surface area contributed by atoms with Crippen LogP contribution in [0.25, 0.3) is 0 Å². The average Bonchev–Trinajstić information content (AvgIpc) is 3.03. The van der Waals surface area contributed by atoms with Crippen molar-refractivity contribution in [3.05, 3.63) is 46.8 Å². The minimum absolute atomic E-state index is 0.0270. The Morgan fingerprint density at radius 2 is 2.35 bits per heavy atom. The van der Waals surface area contributed by atoms with Crippen LogP contribution < -0.4 is 10.2 Å². The molecule has 3 rings (SSSR count). The van der Waals surface area contributed by atoms with Crippen molar-refractivity contribution in [1.29, 1.82) is 0 Å². The molecule has 1 aliphatic rings. The van der Waals surface area contributed by atoms with Crippen LogP contribution in [0.5, 0.6) is 0 Å². The Kier molecular flexibility index (Phi) is 3.97. The fourth-order valence-electron chi connectivity index (χ4n) is 2.51. The third-order valence-corrected chi connectivity index (χ3v) is 4.20. The van der Waals surface area contributed by atoms with E-state index in [4.69, 9.17) is 0 Å². The topological polar surface area (TPSA) is 45.2 Å². The first kappa shape index (κ1) is 13.1. The fraction of sp³-hybridized carbons (Fsp3) is 0.333. The summed E-state index contributed by atoms with van der Waals surface area (Å²) >= 11 is 1.55. The number of carbonyl (C=O) groups is 1. The summed E-state index contributed by atoms with van der Waals surface area (Å²) in [5.74, 6) is 1.01. The number of aromatic nitrogens is 1. The summed E-state index contributed by atoms with van der Waals surface area (Å²) < 4.78 is 0. The summed E-state index contributed by atoms with van der Waals surface area (Å²) in [6.45, 7) is 1.83. The van der Waals surface area contributed by atoms with E-state index in [9.17, 15) is 4.79 Å². The Bertz CT molecular complexity index is 556. The maximum absolute atomic E-state index is 12.1. The van der Waals surface area contributed by atoms with Gasteiger partial charge in [-0.2, -0.15) is 11.3 Å². The number of hydrogen-bond donors (Lipinski definition) is 1. The van der Waals surface area contributed by atoms with Crippen LogP contribution in [0.2, 0.25) is 0 Å². The SMILES string of the molecule is O=C(N[C@H]1CCCN(c2ccccn2)C1)c1ccsc1.